The number of rotatable bonds is 4. The number of likely N-dealkylation sites (N-methyl/N-ethyl adjacent to an activating group) is 1. The lowest BCUT2D eigenvalue weighted by Gasteiger charge is -2.17. The van der Waals surface area contributed by atoms with Gasteiger partial charge in [0.15, 0.2) is 0 Å². The average molecular weight is 284 g/mol. The topological polar surface area (TPSA) is 29.9 Å². The van der Waals surface area contributed by atoms with Crippen molar-refractivity contribution in [2.24, 2.45) is 7.05 Å². The van der Waals surface area contributed by atoms with E-state index in [4.69, 9.17) is 23.2 Å². The molecule has 2 rings (SSSR count). The van der Waals surface area contributed by atoms with E-state index in [0.717, 1.165) is 17.7 Å². The highest BCUT2D eigenvalue weighted by molar-refractivity contribution is 6.42. The Morgan fingerprint density at radius 2 is 2.11 bits per heavy atom. The smallest absolute Gasteiger partial charge is 0.0643 e. The van der Waals surface area contributed by atoms with Crippen molar-refractivity contribution in [2.75, 3.05) is 7.05 Å². The molecule has 1 aromatic carbocycles. The van der Waals surface area contributed by atoms with Crippen LogP contribution in [0.4, 0.5) is 0 Å². The van der Waals surface area contributed by atoms with Crippen LogP contribution in [0.25, 0.3) is 0 Å². The van der Waals surface area contributed by atoms with Gasteiger partial charge in [0.25, 0.3) is 0 Å². The number of nitrogens with one attached hydrogen (secondary N) is 1. The molecule has 0 fully saturated rings. The fourth-order valence-corrected chi connectivity index (χ4v) is 2.38. The van der Waals surface area contributed by atoms with Gasteiger partial charge in [-0.2, -0.15) is 5.10 Å². The Labute approximate surface area is 117 Å². The molecule has 0 aliphatic rings. The van der Waals surface area contributed by atoms with Gasteiger partial charge in [0.05, 0.1) is 15.7 Å². The van der Waals surface area contributed by atoms with Gasteiger partial charge in [-0.1, -0.05) is 35.3 Å². The van der Waals surface area contributed by atoms with Gasteiger partial charge in [-0.25, -0.2) is 0 Å². The minimum Gasteiger partial charge on any atom is -0.313 e. The molecule has 0 radical (unpaired) electrons. The van der Waals surface area contributed by atoms with E-state index in [0.29, 0.717) is 10.0 Å². The number of nitrogens with zero attached hydrogens (tertiary/aromatic N) is 2. The fourth-order valence-electron chi connectivity index (χ4n) is 1.94. The summed E-state index contributed by atoms with van der Waals surface area (Å²) in [4.78, 5) is 0. The quantitative estimate of drug-likeness (QED) is 0.934. The van der Waals surface area contributed by atoms with Crippen LogP contribution in [0.2, 0.25) is 10.0 Å². The molecule has 1 aromatic heterocycles. The molecule has 3 nitrogen and oxygen atoms in total. The minimum absolute atomic E-state index is 0.103. The molecule has 5 heteroatoms. The first-order valence-corrected chi connectivity index (χ1v) is 6.47. The van der Waals surface area contributed by atoms with Crippen LogP contribution in [-0.4, -0.2) is 16.8 Å². The Morgan fingerprint density at radius 3 is 2.72 bits per heavy atom. The van der Waals surface area contributed by atoms with Crippen molar-refractivity contribution >= 4 is 23.2 Å². The van der Waals surface area contributed by atoms with Crippen molar-refractivity contribution in [3.63, 3.8) is 0 Å². The van der Waals surface area contributed by atoms with Crippen LogP contribution in [0, 0.1) is 0 Å². The maximum Gasteiger partial charge on any atom is 0.0643 e. The van der Waals surface area contributed by atoms with E-state index in [1.807, 2.05) is 38.5 Å². The van der Waals surface area contributed by atoms with Crippen molar-refractivity contribution in [3.8, 4) is 0 Å². The first kappa shape index (κ1) is 13.4. The van der Waals surface area contributed by atoms with Gasteiger partial charge in [0, 0.05) is 25.7 Å². The third-order valence-electron chi connectivity index (χ3n) is 2.89. The Balaban J connectivity index is 2.25. The molecule has 18 heavy (non-hydrogen) atoms. The molecule has 1 N–H and O–H groups in total. The highest BCUT2D eigenvalue weighted by Gasteiger charge is 2.16. The van der Waals surface area contributed by atoms with Crippen molar-refractivity contribution in [1.29, 1.82) is 0 Å². The predicted octanol–water partition coefficient (Wildman–Crippen LogP) is 3.23. The van der Waals surface area contributed by atoms with Crippen LogP contribution in [-0.2, 0) is 13.5 Å². The number of benzene rings is 1. The SMILES string of the molecule is CNC(Cc1ccn(C)n1)c1cccc(Cl)c1Cl. The van der Waals surface area contributed by atoms with E-state index >= 15 is 0 Å². The molecule has 2 aromatic rings. The summed E-state index contributed by atoms with van der Waals surface area (Å²) in [5.41, 5.74) is 2.02. The zero-order valence-corrected chi connectivity index (χ0v) is 11.8. The summed E-state index contributed by atoms with van der Waals surface area (Å²) >= 11 is 12.3. The first-order valence-electron chi connectivity index (χ1n) is 5.71. The summed E-state index contributed by atoms with van der Waals surface area (Å²) in [6, 6.07) is 7.79. The summed E-state index contributed by atoms with van der Waals surface area (Å²) in [7, 11) is 3.81. The van der Waals surface area contributed by atoms with Crippen molar-refractivity contribution in [2.45, 2.75) is 12.5 Å². The van der Waals surface area contributed by atoms with E-state index in [-0.39, 0.29) is 6.04 Å². The summed E-state index contributed by atoms with van der Waals surface area (Å²) in [6.45, 7) is 0. The van der Waals surface area contributed by atoms with Gasteiger partial charge in [-0.05, 0) is 24.7 Å². The second-order valence-electron chi connectivity index (χ2n) is 4.17. The van der Waals surface area contributed by atoms with Gasteiger partial charge in [-0.3, -0.25) is 4.68 Å². The summed E-state index contributed by atoms with van der Waals surface area (Å²) < 4.78 is 1.79. The van der Waals surface area contributed by atoms with Crippen LogP contribution in [0.3, 0.4) is 0 Å². The lowest BCUT2D eigenvalue weighted by molar-refractivity contribution is 0.577. The highest BCUT2D eigenvalue weighted by Crippen LogP contribution is 2.31. The predicted molar refractivity (Wildman–Crippen MR) is 75.2 cm³/mol. The average Bonchev–Trinajstić information content (AvgIpc) is 2.76. The lowest BCUT2D eigenvalue weighted by atomic mass is 10.0. The molecule has 0 amide bonds. The van der Waals surface area contributed by atoms with Crippen molar-refractivity contribution in [3.05, 3.63) is 51.8 Å². The van der Waals surface area contributed by atoms with E-state index < -0.39 is 0 Å². The highest BCUT2D eigenvalue weighted by atomic mass is 35.5. The van der Waals surface area contributed by atoms with Gasteiger partial charge in [0.2, 0.25) is 0 Å². The van der Waals surface area contributed by atoms with Crippen LogP contribution in [0.15, 0.2) is 30.5 Å². The molecule has 0 aliphatic heterocycles. The summed E-state index contributed by atoms with van der Waals surface area (Å²) in [5.74, 6) is 0. The minimum atomic E-state index is 0.103. The first-order chi connectivity index (χ1) is 8.61. The van der Waals surface area contributed by atoms with E-state index in [1.54, 1.807) is 10.7 Å². The summed E-state index contributed by atoms with van der Waals surface area (Å²) in [6.07, 6.45) is 2.71. The van der Waals surface area contributed by atoms with Gasteiger partial charge in [0.1, 0.15) is 0 Å². The molecule has 1 unspecified atom stereocenters. The summed E-state index contributed by atoms with van der Waals surface area (Å²) in [5, 5.41) is 8.81. The van der Waals surface area contributed by atoms with Gasteiger partial charge < -0.3 is 5.32 Å². The molecule has 1 heterocycles. The maximum atomic E-state index is 6.24. The van der Waals surface area contributed by atoms with E-state index in [1.165, 1.54) is 0 Å². The van der Waals surface area contributed by atoms with E-state index in [2.05, 4.69) is 10.4 Å². The lowest BCUT2D eigenvalue weighted by Crippen LogP contribution is -2.19. The third-order valence-corrected chi connectivity index (χ3v) is 3.72. The number of aromatic nitrogens is 2. The van der Waals surface area contributed by atoms with Gasteiger partial charge in [-0.15, -0.1) is 0 Å². The van der Waals surface area contributed by atoms with Crippen LogP contribution in [0.1, 0.15) is 17.3 Å². The zero-order chi connectivity index (χ0) is 13.1. The molecule has 0 bridgehead atoms. The van der Waals surface area contributed by atoms with Crippen LogP contribution in [0.5, 0.6) is 0 Å². The normalized spacial score (nSPS) is 12.7. The Hall–Kier alpha value is -1.03. The maximum absolute atomic E-state index is 6.24. The molecule has 0 saturated carbocycles. The molecular weight excluding hydrogens is 269 g/mol. The third kappa shape index (κ3) is 2.86. The van der Waals surface area contributed by atoms with Crippen molar-refractivity contribution in [1.82, 2.24) is 15.1 Å². The van der Waals surface area contributed by atoms with Crippen molar-refractivity contribution < 1.29 is 0 Å². The Bertz CT molecular complexity index is 537. The van der Waals surface area contributed by atoms with Crippen LogP contribution >= 0.6 is 23.2 Å². The molecule has 0 spiro atoms. The standard InChI is InChI=1S/C13H15Cl2N3/c1-16-12(8-9-6-7-18(2)17-9)10-4-3-5-11(14)13(10)15/h3-7,12,16H,8H2,1-2H3. The Morgan fingerprint density at radius 1 is 1.33 bits per heavy atom. The molecule has 0 aliphatic carbocycles. The molecule has 96 valence electrons. The second-order valence-corrected chi connectivity index (χ2v) is 4.95. The number of hydrogen-bond acceptors (Lipinski definition) is 2. The number of aryl methyl sites for hydroxylation is 1. The second kappa shape index (κ2) is 5.74. The van der Waals surface area contributed by atoms with Gasteiger partial charge >= 0.3 is 0 Å². The largest absolute Gasteiger partial charge is 0.313 e. The molecule has 1 atom stereocenters. The molecule has 0 saturated heterocycles. The fraction of sp³-hybridized carbons (Fsp3) is 0.308. The van der Waals surface area contributed by atoms with Crippen LogP contribution < -0.4 is 5.32 Å². The number of hydrogen-bond donors (Lipinski definition) is 1. The molecular formula is C13H15Cl2N3. The Kier molecular flexibility index (Phi) is 4.27. The van der Waals surface area contributed by atoms with E-state index in [9.17, 15) is 0 Å². The zero-order valence-electron chi connectivity index (χ0n) is 10.3. The number of halogens is 2. The monoisotopic (exact) mass is 283 g/mol.